The summed E-state index contributed by atoms with van der Waals surface area (Å²) >= 11 is 0. The van der Waals surface area contributed by atoms with Gasteiger partial charge in [-0.2, -0.15) is 0 Å². The minimum Gasteiger partial charge on any atom is -0.466 e. The molecule has 2 atom stereocenters. The van der Waals surface area contributed by atoms with Gasteiger partial charge in [0, 0.05) is 56.2 Å². The minimum absolute atomic E-state index is 0.112. The number of methoxy groups -OCH3 is 1. The van der Waals surface area contributed by atoms with Crippen LogP contribution < -0.4 is 16.0 Å². The van der Waals surface area contributed by atoms with Crippen molar-refractivity contribution in [2.75, 3.05) is 7.11 Å². The molecule has 0 spiro atoms. The molecular formula is C34H40N4O3. The fourth-order valence-electron chi connectivity index (χ4n) is 7.16. The van der Waals surface area contributed by atoms with Crippen LogP contribution in [0.25, 0.3) is 23.8 Å². The van der Waals surface area contributed by atoms with E-state index in [1.807, 2.05) is 6.92 Å². The molecule has 0 fully saturated rings. The topological polar surface area (TPSA) is 106 Å². The summed E-state index contributed by atoms with van der Waals surface area (Å²) in [7, 11) is 1.37. The summed E-state index contributed by atoms with van der Waals surface area (Å²) in [4.78, 5) is 24.2. The number of hydrogen-bond donors (Lipinski definition) is 5. The van der Waals surface area contributed by atoms with Crippen molar-refractivity contribution in [3.63, 3.8) is 0 Å². The molecule has 8 bridgehead atoms. The standard InChI is InChI=1S/C34H40N4O3/c1-9-19-15(4)22-12-24-17(6)21(11-3)31(37-24)29-30(34(40)41-8)33(39)28-18(7)25(38-32(28)29)14-27-20(10-2)16(5)23(36-27)13-26(19)35-22/h12-14,17,33,35-39H,9-11H2,1-8H3/b23-13-,24-12-,27-14-/t17-,33+/m0/s1. The fourth-order valence-corrected chi connectivity index (χ4v) is 7.16. The number of aliphatic hydroxyl groups excluding tert-OH is 1. The van der Waals surface area contributed by atoms with Crippen molar-refractivity contribution in [2.45, 2.75) is 73.8 Å². The first-order valence-corrected chi connectivity index (χ1v) is 14.7. The molecule has 0 saturated heterocycles. The lowest BCUT2D eigenvalue weighted by Gasteiger charge is -2.13. The van der Waals surface area contributed by atoms with Crippen LogP contribution in [0.1, 0.15) is 96.4 Å². The molecule has 3 aromatic rings. The summed E-state index contributed by atoms with van der Waals surface area (Å²) in [6.45, 7) is 15.1. The van der Waals surface area contributed by atoms with Gasteiger partial charge in [-0.3, -0.25) is 0 Å². The summed E-state index contributed by atoms with van der Waals surface area (Å²) in [5, 5.41) is 17.4. The molecule has 7 nitrogen and oxygen atoms in total. The number of hydrogen-bond acceptors (Lipinski definition) is 4. The summed E-state index contributed by atoms with van der Waals surface area (Å²) < 4.78 is 5.21. The molecule has 0 amide bonds. The Morgan fingerprint density at radius 1 is 0.854 bits per heavy atom. The molecule has 6 rings (SSSR count). The third kappa shape index (κ3) is 3.86. The number of ether oxygens (including phenoxy) is 1. The Morgan fingerprint density at radius 2 is 1.54 bits per heavy atom. The van der Waals surface area contributed by atoms with Gasteiger partial charge in [-0.05, 0) is 91.7 Å². The maximum Gasteiger partial charge on any atom is 0.337 e. The number of carbonyl (C=O) groups excluding carboxylic acids is 1. The third-order valence-corrected chi connectivity index (χ3v) is 9.51. The first kappa shape index (κ1) is 27.2. The summed E-state index contributed by atoms with van der Waals surface area (Å²) in [5.41, 5.74) is 14.7. The van der Waals surface area contributed by atoms with Gasteiger partial charge in [0.05, 0.1) is 18.4 Å². The van der Waals surface area contributed by atoms with Crippen LogP contribution in [0.4, 0.5) is 0 Å². The highest BCUT2D eigenvalue weighted by atomic mass is 16.5. The average Bonchev–Trinajstić information content (AvgIpc) is 3.69. The van der Waals surface area contributed by atoms with E-state index in [0.717, 1.165) is 75.3 Å². The lowest BCUT2D eigenvalue weighted by Crippen LogP contribution is -2.15. The number of nitrogens with one attached hydrogen (secondary N) is 4. The number of aromatic amines is 3. The Kier molecular flexibility index (Phi) is 6.53. The molecular weight excluding hydrogens is 512 g/mol. The third-order valence-electron chi connectivity index (χ3n) is 9.51. The predicted octanol–water partition coefficient (Wildman–Crippen LogP) is 4.61. The highest BCUT2D eigenvalue weighted by molar-refractivity contribution is 6.06. The first-order valence-electron chi connectivity index (χ1n) is 14.7. The van der Waals surface area contributed by atoms with Crippen LogP contribution in [0.2, 0.25) is 0 Å². The molecule has 214 valence electrons. The Morgan fingerprint density at radius 3 is 2.20 bits per heavy atom. The maximum absolute atomic E-state index is 13.2. The number of aromatic nitrogens is 3. The van der Waals surface area contributed by atoms with E-state index < -0.39 is 12.1 Å². The van der Waals surface area contributed by atoms with Crippen molar-refractivity contribution in [1.82, 2.24) is 20.3 Å². The van der Waals surface area contributed by atoms with Crippen molar-refractivity contribution in [1.29, 1.82) is 0 Å². The molecule has 3 aromatic heterocycles. The Labute approximate surface area is 240 Å². The van der Waals surface area contributed by atoms with E-state index in [2.05, 4.69) is 80.0 Å². The summed E-state index contributed by atoms with van der Waals surface area (Å²) in [6.07, 6.45) is 8.12. The molecule has 7 heteroatoms. The van der Waals surface area contributed by atoms with E-state index in [1.165, 1.54) is 34.9 Å². The second kappa shape index (κ2) is 9.84. The van der Waals surface area contributed by atoms with Crippen molar-refractivity contribution in [3.05, 3.63) is 89.4 Å². The second-order valence-corrected chi connectivity index (χ2v) is 11.4. The number of H-pyrrole nitrogens is 3. The fraction of sp³-hybridized carbons (Fsp3) is 0.382. The predicted molar refractivity (Wildman–Crippen MR) is 163 cm³/mol. The van der Waals surface area contributed by atoms with Gasteiger partial charge < -0.3 is 30.1 Å². The van der Waals surface area contributed by atoms with E-state index >= 15 is 0 Å². The maximum atomic E-state index is 13.2. The van der Waals surface area contributed by atoms with Crippen molar-refractivity contribution < 1.29 is 14.6 Å². The zero-order valence-corrected chi connectivity index (χ0v) is 25.3. The van der Waals surface area contributed by atoms with Crippen LogP contribution in [-0.4, -0.2) is 33.1 Å². The van der Waals surface area contributed by atoms with Crippen LogP contribution in [0.15, 0.2) is 22.5 Å². The first-order chi connectivity index (χ1) is 19.6. The molecule has 41 heavy (non-hydrogen) atoms. The van der Waals surface area contributed by atoms with Gasteiger partial charge in [0.15, 0.2) is 0 Å². The van der Waals surface area contributed by atoms with Crippen LogP contribution in [0, 0.1) is 26.7 Å². The highest BCUT2D eigenvalue weighted by Gasteiger charge is 2.42. The molecule has 1 aliphatic carbocycles. The lowest BCUT2D eigenvalue weighted by molar-refractivity contribution is -0.137. The van der Waals surface area contributed by atoms with Crippen LogP contribution in [-0.2, 0) is 22.4 Å². The molecule has 2 aliphatic heterocycles. The number of fused-ring (bicyclic) bond motifs is 8. The van der Waals surface area contributed by atoms with Crippen molar-refractivity contribution in [2.24, 2.45) is 5.92 Å². The number of rotatable bonds is 4. The second-order valence-electron chi connectivity index (χ2n) is 11.4. The van der Waals surface area contributed by atoms with E-state index in [9.17, 15) is 9.90 Å². The van der Waals surface area contributed by atoms with E-state index in [-0.39, 0.29) is 11.5 Å². The quantitative estimate of drug-likeness (QED) is 0.305. The Balaban J connectivity index is 1.75. The smallest absolute Gasteiger partial charge is 0.337 e. The van der Waals surface area contributed by atoms with Gasteiger partial charge in [-0.1, -0.05) is 27.7 Å². The van der Waals surface area contributed by atoms with Gasteiger partial charge in [-0.25, -0.2) is 4.79 Å². The summed E-state index contributed by atoms with van der Waals surface area (Å²) in [5.74, 6) is -0.405. The number of aliphatic hydroxyl groups is 1. The van der Waals surface area contributed by atoms with Gasteiger partial charge >= 0.3 is 5.97 Å². The molecule has 0 radical (unpaired) electrons. The van der Waals surface area contributed by atoms with Crippen LogP contribution >= 0.6 is 0 Å². The zero-order chi connectivity index (χ0) is 29.3. The van der Waals surface area contributed by atoms with E-state index in [1.54, 1.807) is 0 Å². The minimum atomic E-state index is -1.08. The van der Waals surface area contributed by atoms with Crippen LogP contribution in [0.3, 0.4) is 0 Å². The molecule has 0 aromatic carbocycles. The van der Waals surface area contributed by atoms with Crippen molar-refractivity contribution in [3.8, 4) is 0 Å². The zero-order valence-electron chi connectivity index (χ0n) is 25.3. The van der Waals surface area contributed by atoms with Gasteiger partial charge in [0.1, 0.15) is 6.10 Å². The molecule has 5 heterocycles. The largest absolute Gasteiger partial charge is 0.466 e. The van der Waals surface area contributed by atoms with Gasteiger partial charge in [0.25, 0.3) is 0 Å². The SMILES string of the molecule is CCC1=C2N/C(=C\c3[nH]c(c(CC)c3C)/C=c3\[nH]/c(c(CC)c3C)=C\c3[nH]c4c(c3C)[C@@H](O)C(C(=O)OC)=C24)[C@H]1C. The van der Waals surface area contributed by atoms with Gasteiger partial charge in [0.2, 0.25) is 0 Å². The summed E-state index contributed by atoms with van der Waals surface area (Å²) in [6, 6.07) is 0. The Hall–Kier alpha value is -3.97. The molecule has 0 unspecified atom stereocenters. The average molecular weight is 553 g/mol. The molecule has 0 saturated carbocycles. The van der Waals surface area contributed by atoms with Crippen molar-refractivity contribution >= 4 is 29.8 Å². The molecule has 5 N–H and O–H groups in total. The highest BCUT2D eigenvalue weighted by Crippen LogP contribution is 2.49. The number of carbonyl (C=O) groups is 1. The lowest BCUT2D eigenvalue weighted by atomic mass is 9.94. The molecule has 3 aliphatic rings. The van der Waals surface area contributed by atoms with E-state index in [0.29, 0.717) is 5.57 Å². The van der Waals surface area contributed by atoms with E-state index in [4.69, 9.17) is 4.74 Å². The number of esters is 1. The monoisotopic (exact) mass is 552 g/mol. The number of allylic oxidation sites excluding steroid dienone is 2. The van der Waals surface area contributed by atoms with Crippen LogP contribution in [0.5, 0.6) is 0 Å². The van der Waals surface area contributed by atoms with Gasteiger partial charge in [-0.15, -0.1) is 0 Å². The normalized spacial score (nSPS) is 22.2. The Bertz CT molecular complexity index is 1840.